The smallest absolute Gasteiger partial charge is 0.0571 e. The predicted molar refractivity (Wildman–Crippen MR) is 75.3 cm³/mol. The summed E-state index contributed by atoms with van der Waals surface area (Å²) in [5.74, 6) is 4.48. The van der Waals surface area contributed by atoms with E-state index in [0.717, 1.165) is 30.1 Å². The average Bonchev–Trinajstić information content (AvgIpc) is 3.01. The molecule has 0 radical (unpaired) electrons. The van der Waals surface area contributed by atoms with Crippen molar-refractivity contribution < 1.29 is 5.11 Å². The molecule has 1 heteroatoms. The van der Waals surface area contributed by atoms with Crippen LogP contribution in [0.5, 0.6) is 0 Å². The molecular formula is C17H30O. The Balaban J connectivity index is 1.46. The maximum Gasteiger partial charge on any atom is 0.0571 e. The summed E-state index contributed by atoms with van der Waals surface area (Å²) < 4.78 is 0. The van der Waals surface area contributed by atoms with Crippen molar-refractivity contribution in [2.24, 2.45) is 29.6 Å². The molecule has 3 aliphatic rings. The lowest BCUT2D eigenvalue weighted by molar-refractivity contribution is 0.0447. The van der Waals surface area contributed by atoms with Gasteiger partial charge >= 0.3 is 0 Å². The highest BCUT2D eigenvalue weighted by Crippen LogP contribution is 2.50. The normalized spacial score (nSPS) is 45.3. The van der Waals surface area contributed by atoms with Gasteiger partial charge in [-0.15, -0.1) is 0 Å². The van der Waals surface area contributed by atoms with Crippen LogP contribution < -0.4 is 0 Å². The molecule has 3 saturated carbocycles. The van der Waals surface area contributed by atoms with Crippen LogP contribution in [-0.4, -0.2) is 11.2 Å². The number of aliphatic hydroxyl groups is 1. The van der Waals surface area contributed by atoms with E-state index in [1.165, 1.54) is 57.8 Å². The average molecular weight is 250 g/mol. The molecular weight excluding hydrogens is 220 g/mol. The third kappa shape index (κ3) is 2.61. The van der Waals surface area contributed by atoms with Crippen molar-refractivity contribution in [3.8, 4) is 0 Å². The molecule has 104 valence electrons. The van der Waals surface area contributed by atoms with Crippen molar-refractivity contribution in [2.75, 3.05) is 0 Å². The van der Waals surface area contributed by atoms with E-state index in [1.807, 2.05) is 0 Å². The Bertz CT molecular complexity index is 267. The van der Waals surface area contributed by atoms with E-state index < -0.39 is 0 Å². The summed E-state index contributed by atoms with van der Waals surface area (Å²) in [6, 6.07) is 0. The molecule has 1 N–H and O–H groups in total. The molecule has 1 nitrogen and oxygen atoms in total. The van der Waals surface area contributed by atoms with Gasteiger partial charge < -0.3 is 5.11 Å². The molecule has 4 unspecified atom stereocenters. The second-order valence-corrected chi connectivity index (χ2v) is 7.43. The first-order valence-corrected chi connectivity index (χ1v) is 8.44. The summed E-state index contributed by atoms with van der Waals surface area (Å²) in [7, 11) is 0. The van der Waals surface area contributed by atoms with Crippen molar-refractivity contribution in [3.63, 3.8) is 0 Å². The van der Waals surface area contributed by atoms with Crippen LogP contribution in [0.4, 0.5) is 0 Å². The number of hydrogen-bond acceptors (Lipinski definition) is 1. The lowest BCUT2D eigenvalue weighted by Crippen LogP contribution is -2.29. The monoisotopic (exact) mass is 250 g/mol. The van der Waals surface area contributed by atoms with Gasteiger partial charge in [0, 0.05) is 0 Å². The van der Waals surface area contributed by atoms with E-state index in [-0.39, 0.29) is 6.10 Å². The highest BCUT2D eigenvalue weighted by Gasteiger charge is 2.41. The molecule has 18 heavy (non-hydrogen) atoms. The lowest BCUT2D eigenvalue weighted by Gasteiger charge is -2.33. The zero-order valence-corrected chi connectivity index (χ0v) is 12.0. The third-order valence-electron chi connectivity index (χ3n) is 6.44. The van der Waals surface area contributed by atoms with Crippen LogP contribution in [0.1, 0.15) is 71.1 Å². The van der Waals surface area contributed by atoms with Gasteiger partial charge in [-0.1, -0.05) is 32.6 Å². The molecule has 4 atom stereocenters. The van der Waals surface area contributed by atoms with Crippen LogP contribution in [0, 0.1) is 29.6 Å². The van der Waals surface area contributed by atoms with Gasteiger partial charge in [0.15, 0.2) is 0 Å². The second kappa shape index (κ2) is 5.53. The quantitative estimate of drug-likeness (QED) is 0.784. The van der Waals surface area contributed by atoms with Gasteiger partial charge in [0.2, 0.25) is 0 Å². The Labute approximate surface area is 112 Å². The Morgan fingerprint density at radius 2 is 1.78 bits per heavy atom. The molecule has 3 rings (SSSR count). The number of fused-ring (bicyclic) bond motifs is 2. The van der Waals surface area contributed by atoms with Gasteiger partial charge in [-0.2, -0.15) is 0 Å². The molecule has 0 saturated heterocycles. The standard InChI is InChI=1S/C17H30O/c1-2-12-3-6-14(7-4-12)17(18)11-16-10-13-5-8-15(16)9-13/h12-18H,2-11H2,1H3. The zero-order valence-electron chi connectivity index (χ0n) is 12.0. The van der Waals surface area contributed by atoms with Crippen LogP contribution in [0.25, 0.3) is 0 Å². The Kier molecular flexibility index (Phi) is 3.98. The minimum atomic E-state index is 0.0205. The first-order chi connectivity index (χ1) is 8.76. The first kappa shape index (κ1) is 13.0. The van der Waals surface area contributed by atoms with Gasteiger partial charge in [0.1, 0.15) is 0 Å². The topological polar surface area (TPSA) is 20.2 Å². The van der Waals surface area contributed by atoms with Crippen molar-refractivity contribution in [1.29, 1.82) is 0 Å². The molecule has 0 aliphatic heterocycles. The van der Waals surface area contributed by atoms with Crippen molar-refractivity contribution in [2.45, 2.75) is 77.2 Å². The molecule has 0 aromatic carbocycles. The summed E-state index contributed by atoms with van der Waals surface area (Å²) in [4.78, 5) is 0. The van der Waals surface area contributed by atoms with E-state index in [9.17, 15) is 5.11 Å². The fourth-order valence-corrected chi connectivity index (χ4v) is 5.15. The minimum absolute atomic E-state index is 0.0205. The Morgan fingerprint density at radius 3 is 2.33 bits per heavy atom. The summed E-state index contributed by atoms with van der Waals surface area (Å²) in [6.07, 6.45) is 13.7. The third-order valence-corrected chi connectivity index (χ3v) is 6.44. The summed E-state index contributed by atoms with van der Waals surface area (Å²) in [5.41, 5.74) is 0. The van der Waals surface area contributed by atoms with Crippen molar-refractivity contribution >= 4 is 0 Å². The van der Waals surface area contributed by atoms with Gasteiger partial charge in [0.05, 0.1) is 6.10 Å². The summed E-state index contributed by atoms with van der Waals surface area (Å²) in [5, 5.41) is 10.5. The van der Waals surface area contributed by atoms with E-state index >= 15 is 0 Å². The largest absolute Gasteiger partial charge is 0.393 e. The Morgan fingerprint density at radius 1 is 1.00 bits per heavy atom. The maximum absolute atomic E-state index is 10.5. The molecule has 0 aromatic heterocycles. The van der Waals surface area contributed by atoms with Gasteiger partial charge in [-0.25, -0.2) is 0 Å². The molecule has 0 heterocycles. The fraction of sp³-hybridized carbons (Fsp3) is 1.00. The summed E-state index contributed by atoms with van der Waals surface area (Å²) in [6.45, 7) is 2.32. The van der Waals surface area contributed by atoms with Crippen LogP contribution in [0.2, 0.25) is 0 Å². The van der Waals surface area contributed by atoms with Crippen LogP contribution in [0.15, 0.2) is 0 Å². The maximum atomic E-state index is 10.5. The molecule has 0 amide bonds. The van der Waals surface area contributed by atoms with E-state index in [4.69, 9.17) is 0 Å². The molecule has 3 fully saturated rings. The molecule has 2 bridgehead atoms. The number of hydrogen-bond donors (Lipinski definition) is 1. The molecule has 0 aromatic rings. The summed E-state index contributed by atoms with van der Waals surface area (Å²) >= 11 is 0. The highest BCUT2D eigenvalue weighted by atomic mass is 16.3. The second-order valence-electron chi connectivity index (χ2n) is 7.43. The van der Waals surface area contributed by atoms with E-state index in [1.54, 1.807) is 0 Å². The van der Waals surface area contributed by atoms with Crippen molar-refractivity contribution in [1.82, 2.24) is 0 Å². The number of rotatable bonds is 4. The molecule has 3 aliphatic carbocycles. The zero-order chi connectivity index (χ0) is 12.5. The Hall–Kier alpha value is -0.0400. The van der Waals surface area contributed by atoms with E-state index in [0.29, 0.717) is 5.92 Å². The van der Waals surface area contributed by atoms with E-state index in [2.05, 4.69) is 6.92 Å². The van der Waals surface area contributed by atoms with Gasteiger partial charge in [0.25, 0.3) is 0 Å². The van der Waals surface area contributed by atoms with Gasteiger partial charge in [-0.05, 0) is 68.1 Å². The number of aliphatic hydroxyl groups excluding tert-OH is 1. The lowest BCUT2D eigenvalue weighted by atomic mass is 9.75. The highest BCUT2D eigenvalue weighted by molar-refractivity contribution is 4.91. The SMILES string of the molecule is CCC1CCC(C(O)CC2CC3CCC2C3)CC1. The van der Waals surface area contributed by atoms with Crippen LogP contribution in [-0.2, 0) is 0 Å². The fourth-order valence-electron chi connectivity index (χ4n) is 5.15. The minimum Gasteiger partial charge on any atom is -0.393 e. The van der Waals surface area contributed by atoms with Crippen LogP contribution in [0.3, 0.4) is 0 Å². The predicted octanol–water partition coefficient (Wildman–Crippen LogP) is 4.39. The van der Waals surface area contributed by atoms with Crippen LogP contribution >= 0.6 is 0 Å². The van der Waals surface area contributed by atoms with Gasteiger partial charge in [-0.3, -0.25) is 0 Å². The molecule has 0 spiro atoms. The first-order valence-electron chi connectivity index (χ1n) is 8.44. The van der Waals surface area contributed by atoms with Crippen molar-refractivity contribution in [3.05, 3.63) is 0 Å².